The summed E-state index contributed by atoms with van der Waals surface area (Å²) >= 11 is 0.839. The molecule has 2 aliphatic heterocycles. The van der Waals surface area contributed by atoms with E-state index in [4.69, 9.17) is 9.47 Å². The van der Waals surface area contributed by atoms with E-state index < -0.39 is 17.1 Å². The largest absolute Gasteiger partial charge is 0.454 e. The lowest BCUT2D eigenvalue weighted by Gasteiger charge is -2.13. The lowest BCUT2D eigenvalue weighted by Crippen LogP contribution is -2.36. The van der Waals surface area contributed by atoms with Crippen LogP contribution in [0.25, 0.3) is 11.8 Å². The van der Waals surface area contributed by atoms with Crippen LogP contribution in [0.15, 0.2) is 53.4 Å². The summed E-state index contributed by atoms with van der Waals surface area (Å²) in [6.45, 7) is 8.06. The van der Waals surface area contributed by atoms with Crippen LogP contribution in [0.1, 0.15) is 42.3 Å². The first kappa shape index (κ1) is 24.7. The lowest BCUT2D eigenvalue weighted by molar-refractivity contribution is -0.127. The van der Waals surface area contributed by atoms with Crippen molar-refractivity contribution in [1.82, 2.24) is 9.47 Å². The van der Waals surface area contributed by atoms with E-state index in [2.05, 4.69) is 48.0 Å². The third-order valence-corrected chi connectivity index (χ3v) is 7.31. The van der Waals surface area contributed by atoms with E-state index in [0.717, 1.165) is 39.3 Å². The first-order valence-corrected chi connectivity index (χ1v) is 12.8. The number of imide groups is 1. The number of ether oxygens (including phenoxy) is 2. The van der Waals surface area contributed by atoms with Crippen molar-refractivity contribution in [3.63, 3.8) is 0 Å². The Morgan fingerprint density at radius 3 is 2.51 bits per heavy atom. The fraction of sp³-hybridized carbons (Fsp3) is 0.250. The Balaban J connectivity index is 1.31. The molecule has 3 amide bonds. The van der Waals surface area contributed by atoms with Crippen LogP contribution in [0.5, 0.6) is 11.5 Å². The van der Waals surface area contributed by atoms with Crippen molar-refractivity contribution in [3.05, 3.63) is 76.0 Å². The fourth-order valence-electron chi connectivity index (χ4n) is 4.44. The Morgan fingerprint density at radius 2 is 1.78 bits per heavy atom. The first-order chi connectivity index (χ1) is 17.7. The standard InChI is InChI=1S/C28H27N3O5S/c1-16(2)19-5-8-22(9-6-19)31-17(3)11-20(18(31)4)12-25-27(33)30(28(34)37-25)14-26(32)29-21-7-10-23-24(13-21)36-15-35-23/h5-13,16H,14-15H2,1-4H3,(H,29,32)/b25-12+. The molecule has 3 aromatic rings. The molecule has 190 valence electrons. The molecule has 8 nitrogen and oxygen atoms in total. The van der Waals surface area contributed by atoms with E-state index in [1.54, 1.807) is 24.3 Å². The summed E-state index contributed by atoms with van der Waals surface area (Å²) in [6, 6.07) is 15.4. The normalized spacial score (nSPS) is 15.8. The molecule has 1 aromatic heterocycles. The van der Waals surface area contributed by atoms with Crippen molar-refractivity contribution >= 4 is 40.6 Å². The van der Waals surface area contributed by atoms with E-state index in [1.165, 1.54) is 5.56 Å². The average Bonchev–Trinajstić information content (AvgIpc) is 3.51. The molecule has 2 aliphatic rings. The minimum atomic E-state index is -0.484. The molecule has 0 saturated carbocycles. The van der Waals surface area contributed by atoms with Crippen LogP contribution < -0.4 is 14.8 Å². The highest BCUT2D eigenvalue weighted by Gasteiger charge is 2.36. The summed E-state index contributed by atoms with van der Waals surface area (Å²) in [4.78, 5) is 39.5. The van der Waals surface area contributed by atoms with Gasteiger partial charge in [0.05, 0.1) is 4.91 Å². The molecule has 3 heterocycles. The van der Waals surface area contributed by atoms with Gasteiger partial charge in [0.25, 0.3) is 11.1 Å². The second-order valence-electron chi connectivity index (χ2n) is 9.29. The maximum Gasteiger partial charge on any atom is 0.294 e. The number of hydrogen-bond acceptors (Lipinski definition) is 6. The molecule has 5 rings (SSSR count). The molecule has 1 saturated heterocycles. The average molecular weight is 518 g/mol. The van der Waals surface area contributed by atoms with Crippen LogP contribution in [0.2, 0.25) is 0 Å². The minimum absolute atomic E-state index is 0.128. The van der Waals surface area contributed by atoms with Gasteiger partial charge in [-0.3, -0.25) is 19.3 Å². The molecule has 0 aliphatic carbocycles. The third-order valence-electron chi connectivity index (χ3n) is 6.41. The number of aryl methyl sites for hydroxylation is 1. The van der Waals surface area contributed by atoms with Crippen molar-refractivity contribution in [2.75, 3.05) is 18.7 Å². The number of carbonyl (C=O) groups is 3. The minimum Gasteiger partial charge on any atom is -0.454 e. The van der Waals surface area contributed by atoms with Gasteiger partial charge in [-0.15, -0.1) is 0 Å². The molecule has 0 bridgehead atoms. The molecular weight excluding hydrogens is 490 g/mol. The maximum atomic E-state index is 13.0. The van der Waals surface area contributed by atoms with E-state index in [1.807, 2.05) is 19.9 Å². The topological polar surface area (TPSA) is 89.9 Å². The van der Waals surface area contributed by atoms with Crippen LogP contribution in [0, 0.1) is 13.8 Å². The third kappa shape index (κ3) is 4.86. The van der Waals surface area contributed by atoms with Gasteiger partial charge in [0, 0.05) is 28.8 Å². The molecule has 0 unspecified atom stereocenters. The van der Waals surface area contributed by atoms with Gasteiger partial charge in [0.2, 0.25) is 12.7 Å². The Kier molecular flexibility index (Phi) is 6.55. The Labute approximate surface area is 219 Å². The van der Waals surface area contributed by atoms with Crippen molar-refractivity contribution < 1.29 is 23.9 Å². The number of carbonyl (C=O) groups excluding carboxylic acids is 3. The first-order valence-electron chi connectivity index (χ1n) is 12.0. The van der Waals surface area contributed by atoms with Gasteiger partial charge >= 0.3 is 0 Å². The number of benzene rings is 2. The number of nitrogens with zero attached hydrogens (tertiary/aromatic N) is 2. The summed E-state index contributed by atoms with van der Waals surface area (Å²) in [5.41, 5.74) is 5.62. The summed E-state index contributed by atoms with van der Waals surface area (Å²) < 4.78 is 12.7. The molecule has 37 heavy (non-hydrogen) atoms. The van der Waals surface area contributed by atoms with Crippen molar-refractivity contribution in [2.45, 2.75) is 33.6 Å². The van der Waals surface area contributed by atoms with Crippen LogP contribution in [0.4, 0.5) is 10.5 Å². The predicted molar refractivity (Wildman–Crippen MR) is 143 cm³/mol. The van der Waals surface area contributed by atoms with Gasteiger partial charge in [-0.1, -0.05) is 26.0 Å². The fourth-order valence-corrected chi connectivity index (χ4v) is 5.26. The summed E-state index contributed by atoms with van der Waals surface area (Å²) in [6.07, 6.45) is 1.72. The zero-order valence-electron chi connectivity index (χ0n) is 21.0. The summed E-state index contributed by atoms with van der Waals surface area (Å²) in [5.74, 6) is 0.611. The molecule has 2 aromatic carbocycles. The number of anilines is 1. The van der Waals surface area contributed by atoms with E-state index in [9.17, 15) is 14.4 Å². The van der Waals surface area contributed by atoms with Crippen LogP contribution in [0.3, 0.4) is 0 Å². The van der Waals surface area contributed by atoms with E-state index in [-0.39, 0.29) is 18.2 Å². The zero-order chi connectivity index (χ0) is 26.3. The molecule has 9 heteroatoms. The monoisotopic (exact) mass is 517 g/mol. The molecule has 0 radical (unpaired) electrons. The number of fused-ring (bicyclic) bond motifs is 1. The number of nitrogens with one attached hydrogen (secondary N) is 1. The SMILES string of the molecule is Cc1cc(/C=C2/SC(=O)N(CC(=O)Nc3ccc4c(c3)OCO4)C2=O)c(C)n1-c1ccc(C(C)C)cc1. The van der Waals surface area contributed by atoms with Gasteiger partial charge in [0.15, 0.2) is 11.5 Å². The van der Waals surface area contributed by atoms with Crippen molar-refractivity contribution in [1.29, 1.82) is 0 Å². The highest BCUT2D eigenvalue weighted by Crippen LogP contribution is 2.35. The lowest BCUT2D eigenvalue weighted by atomic mass is 10.0. The van der Waals surface area contributed by atoms with Gasteiger partial charge in [-0.2, -0.15) is 0 Å². The Hall–Kier alpha value is -3.98. The highest BCUT2D eigenvalue weighted by atomic mass is 32.2. The maximum absolute atomic E-state index is 13.0. The number of aromatic nitrogens is 1. The molecule has 1 N–H and O–H groups in total. The van der Waals surface area contributed by atoms with E-state index >= 15 is 0 Å². The smallest absolute Gasteiger partial charge is 0.294 e. The predicted octanol–water partition coefficient (Wildman–Crippen LogP) is 5.62. The molecule has 0 spiro atoms. The van der Waals surface area contributed by atoms with Crippen LogP contribution in [-0.2, 0) is 9.59 Å². The highest BCUT2D eigenvalue weighted by molar-refractivity contribution is 8.18. The second-order valence-corrected chi connectivity index (χ2v) is 10.3. The number of amides is 3. The molecule has 1 fully saturated rings. The molecule has 0 atom stereocenters. The quantitative estimate of drug-likeness (QED) is 0.427. The van der Waals surface area contributed by atoms with Gasteiger partial charge in [-0.05, 0) is 79.1 Å². The Bertz CT molecular complexity index is 1440. The summed E-state index contributed by atoms with van der Waals surface area (Å²) in [7, 11) is 0. The number of rotatable bonds is 6. The molecular formula is C28H27N3O5S. The van der Waals surface area contributed by atoms with Gasteiger partial charge < -0.3 is 19.4 Å². The van der Waals surface area contributed by atoms with Crippen LogP contribution >= 0.6 is 11.8 Å². The van der Waals surface area contributed by atoms with Crippen LogP contribution in [-0.4, -0.2) is 39.9 Å². The van der Waals surface area contributed by atoms with Crippen molar-refractivity contribution in [3.8, 4) is 17.2 Å². The second kappa shape index (κ2) is 9.82. The zero-order valence-corrected chi connectivity index (χ0v) is 21.8. The Morgan fingerprint density at radius 1 is 1.05 bits per heavy atom. The van der Waals surface area contributed by atoms with Crippen molar-refractivity contribution in [2.24, 2.45) is 0 Å². The number of hydrogen-bond donors (Lipinski definition) is 1. The van der Waals surface area contributed by atoms with Gasteiger partial charge in [-0.25, -0.2) is 0 Å². The van der Waals surface area contributed by atoms with Gasteiger partial charge in [0.1, 0.15) is 6.54 Å². The number of thioether (sulfide) groups is 1. The summed E-state index contributed by atoms with van der Waals surface area (Å²) in [5, 5.41) is 2.22. The van der Waals surface area contributed by atoms with E-state index in [0.29, 0.717) is 23.1 Å².